The van der Waals surface area contributed by atoms with Crippen molar-refractivity contribution in [3.8, 4) is 5.75 Å². The van der Waals surface area contributed by atoms with Crippen LogP contribution in [0.2, 0.25) is 0 Å². The summed E-state index contributed by atoms with van der Waals surface area (Å²) < 4.78 is 7.01. The van der Waals surface area contributed by atoms with Gasteiger partial charge in [-0.1, -0.05) is 47.1 Å². The van der Waals surface area contributed by atoms with E-state index in [-0.39, 0.29) is 0 Å². The molecule has 3 heteroatoms. The summed E-state index contributed by atoms with van der Waals surface area (Å²) in [6.07, 6.45) is 0. The van der Waals surface area contributed by atoms with Gasteiger partial charge < -0.3 is 10.1 Å². The SMILES string of the molecule is CCNCc1cc(OCc2ccccc2C)ccc1Br. The molecule has 0 heterocycles. The molecule has 0 fully saturated rings. The summed E-state index contributed by atoms with van der Waals surface area (Å²) in [4.78, 5) is 0. The molecule has 106 valence electrons. The van der Waals surface area contributed by atoms with Crippen molar-refractivity contribution >= 4 is 15.9 Å². The normalized spacial score (nSPS) is 10.6. The highest BCUT2D eigenvalue weighted by Crippen LogP contribution is 2.23. The zero-order valence-electron chi connectivity index (χ0n) is 11.9. The molecule has 0 atom stereocenters. The van der Waals surface area contributed by atoms with E-state index in [9.17, 15) is 0 Å². The smallest absolute Gasteiger partial charge is 0.120 e. The summed E-state index contributed by atoms with van der Waals surface area (Å²) >= 11 is 3.57. The molecule has 0 bridgehead atoms. The van der Waals surface area contributed by atoms with E-state index >= 15 is 0 Å². The molecule has 0 saturated heterocycles. The number of aryl methyl sites for hydroxylation is 1. The van der Waals surface area contributed by atoms with E-state index < -0.39 is 0 Å². The summed E-state index contributed by atoms with van der Waals surface area (Å²) in [6, 6.07) is 14.4. The van der Waals surface area contributed by atoms with Gasteiger partial charge >= 0.3 is 0 Å². The topological polar surface area (TPSA) is 21.3 Å². The Morgan fingerprint density at radius 3 is 2.65 bits per heavy atom. The third-order valence-electron chi connectivity index (χ3n) is 3.24. The van der Waals surface area contributed by atoms with Gasteiger partial charge in [0.1, 0.15) is 12.4 Å². The van der Waals surface area contributed by atoms with Crippen molar-refractivity contribution < 1.29 is 4.74 Å². The minimum atomic E-state index is 0.606. The van der Waals surface area contributed by atoms with E-state index in [0.29, 0.717) is 6.61 Å². The first-order valence-electron chi connectivity index (χ1n) is 6.87. The molecule has 0 radical (unpaired) electrons. The number of rotatable bonds is 6. The van der Waals surface area contributed by atoms with Crippen molar-refractivity contribution in [1.29, 1.82) is 0 Å². The Hall–Kier alpha value is -1.32. The summed E-state index contributed by atoms with van der Waals surface area (Å²) in [5, 5.41) is 3.33. The Balaban J connectivity index is 2.04. The fourth-order valence-corrected chi connectivity index (χ4v) is 2.36. The molecule has 0 spiro atoms. The van der Waals surface area contributed by atoms with Crippen LogP contribution in [-0.4, -0.2) is 6.54 Å². The van der Waals surface area contributed by atoms with Crippen molar-refractivity contribution in [2.24, 2.45) is 0 Å². The van der Waals surface area contributed by atoms with Crippen LogP contribution in [0.1, 0.15) is 23.6 Å². The molecule has 2 rings (SSSR count). The van der Waals surface area contributed by atoms with Gasteiger partial charge in [-0.25, -0.2) is 0 Å². The van der Waals surface area contributed by atoms with Crippen LogP contribution in [-0.2, 0) is 13.2 Å². The number of ether oxygens (including phenoxy) is 1. The third kappa shape index (κ3) is 4.09. The first-order valence-corrected chi connectivity index (χ1v) is 7.66. The van der Waals surface area contributed by atoms with E-state index in [1.807, 2.05) is 24.3 Å². The highest BCUT2D eigenvalue weighted by atomic mass is 79.9. The maximum Gasteiger partial charge on any atom is 0.120 e. The van der Waals surface area contributed by atoms with Gasteiger partial charge in [0.05, 0.1) is 0 Å². The second-order valence-electron chi connectivity index (χ2n) is 4.75. The largest absolute Gasteiger partial charge is 0.489 e. The van der Waals surface area contributed by atoms with Crippen LogP contribution in [0, 0.1) is 6.92 Å². The van der Waals surface area contributed by atoms with E-state index in [2.05, 4.69) is 53.3 Å². The number of nitrogens with one attached hydrogen (secondary N) is 1. The summed E-state index contributed by atoms with van der Waals surface area (Å²) in [5.74, 6) is 0.907. The monoisotopic (exact) mass is 333 g/mol. The molecule has 0 aromatic heterocycles. The first-order chi connectivity index (χ1) is 9.70. The van der Waals surface area contributed by atoms with Crippen LogP contribution in [0.4, 0.5) is 0 Å². The lowest BCUT2D eigenvalue weighted by Crippen LogP contribution is -2.12. The van der Waals surface area contributed by atoms with Crippen LogP contribution in [0.3, 0.4) is 0 Å². The summed E-state index contributed by atoms with van der Waals surface area (Å²) in [7, 11) is 0. The Labute approximate surface area is 129 Å². The van der Waals surface area contributed by atoms with E-state index in [4.69, 9.17) is 4.74 Å². The van der Waals surface area contributed by atoms with Crippen molar-refractivity contribution in [3.63, 3.8) is 0 Å². The van der Waals surface area contributed by atoms with Crippen molar-refractivity contribution in [3.05, 3.63) is 63.6 Å². The predicted molar refractivity (Wildman–Crippen MR) is 87.0 cm³/mol. The zero-order valence-corrected chi connectivity index (χ0v) is 13.5. The van der Waals surface area contributed by atoms with Gasteiger partial charge in [-0.15, -0.1) is 0 Å². The van der Waals surface area contributed by atoms with Gasteiger partial charge in [0.2, 0.25) is 0 Å². The third-order valence-corrected chi connectivity index (χ3v) is 4.01. The standard InChI is InChI=1S/C17H20BrNO/c1-3-19-11-15-10-16(8-9-17(15)18)20-12-14-7-5-4-6-13(14)2/h4-10,19H,3,11-12H2,1-2H3. The fourth-order valence-electron chi connectivity index (χ4n) is 1.97. The maximum absolute atomic E-state index is 5.90. The fraction of sp³-hybridized carbons (Fsp3) is 0.294. The molecule has 2 aromatic carbocycles. The second-order valence-corrected chi connectivity index (χ2v) is 5.60. The Bertz CT molecular complexity index is 569. The van der Waals surface area contributed by atoms with Crippen LogP contribution < -0.4 is 10.1 Å². The number of halogens is 1. The van der Waals surface area contributed by atoms with Gasteiger partial charge in [0.25, 0.3) is 0 Å². The summed E-state index contributed by atoms with van der Waals surface area (Å²) in [6.45, 7) is 6.62. The number of benzene rings is 2. The molecule has 1 N–H and O–H groups in total. The Kier molecular flexibility index (Phi) is 5.62. The molecule has 0 aliphatic rings. The predicted octanol–water partition coefficient (Wildman–Crippen LogP) is 4.45. The van der Waals surface area contributed by atoms with Gasteiger partial charge in [-0.3, -0.25) is 0 Å². The lowest BCUT2D eigenvalue weighted by Gasteiger charge is -2.11. The minimum Gasteiger partial charge on any atom is -0.489 e. The van der Waals surface area contributed by atoms with Crippen LogP contribution in [0.5, 0.6) is 5.75 Å². The number of hydrogen-bond acceptors (Lipinski definition) is 2. The molecular formula is C17H20BrNO. The molecule has 0 aliphatic carbocycles. The minimum absolute atomic E-state index is 0.606. The quantitative estimate of drug-likeness (QED) is 0.843. The van der Waals surface area contributed by atoms with Crippen LogP contribution in [0.25, 0.3) is 0 Å². The average molecular weight is 334 g/mol. The molecule has 0 aliphatic heterocycles. The summed E-state index contributed by atoms with van der Waals surface area (Å²) in [5.41, 5.74) is 3.70. The second kappa shape index (κ2) is 7.46. The Morgan fingerprint density at radius 2 is 1.90 bits per heavy atom. The molecule has 0 unspecified atom stereocenters. The molecular weight excluding hydrogens is 314 g/mol. The van der Waals surface area contributed by atoms with Crippen LogP contribution >= 0.6 is 15.9 Å². The molecule has 20 heavy (non-hydrogen) atoms. The number of hydrogen-bond donors (Lipinski definition) is 1. The molecule has 2 nitrogen and oxygen atoms in total. The zero-order chi connectivity index (χ0) is 14.4. The average Bonchev–Trinajstić information content (AvgIpc) is 2.46. The van der Waals surface area contributed by atoms with Gasteiger partial charge in [-0.05, 0) is 48.4 Å². The molecule has 0 amide bonds. The van der Waals surface area contributed by atoms with Crippen molar-refractivity contribution in [1.82, 2.24) is 5.32 Å². The first kappa shape index (κ1) is 15.1. The highest BCUT2D eigenvalue weighted by Gasteiger charge is 2.03. The molecule has 0 saturated carbocycles. The van der Waals surface area contributed by atoms with E-state index in [1.54, 1.807) is 0 Å². The van der Waals surface area contributed by atoms with Gasteiger partial charge in [-0.2, -0.15) is 0 Å². The highest BCUT2D eigenvalue weighted by molar-refractivity contribution is 9.10. The van der Waals surface area contributed by atoms with Crippen molar-refractivity contribution in [2.45, 2.75) is 27.0 Å². The lowest BCUT2D eigenvalue weighted by molar-refractivity contribution is 0.305. The van der Waals surface area contributed by atoms with E-state index in [0.717, 1.165) is 23.3 Å². The van der Waals surface area contributed by atoms with Crippen molar-refractivity contribution in [2.75, 3.05) is 6.54 Å². The molecule has 2 aromatic rings. The van der Waals surface area contributed by atoms with E-state index in [1.165, 1.54) is 16.7 Å². The lowest BCUT2D eigenvalue weighted by atomic mass is 10.1. The van der Waals surface area contributed by atoms with Gasteiger partial charge in [0, 0.05) is 11.0 Å². The maximum atomic E-state index is 5.90. The van der Waals surface area contributed by atoms with Gasteiger partial charge in [0.15, 0.2) is 0 Å². The van der Waals surface area contributed by atoms with Crippen LogP contribution in [0.15, 0.2) is 46.9 Å². The Morgan fingerprint density at radius 1 is 1.10 bits per heavy atom.